The smallest absolute Gasteiger partial charge is 0.328 e. The number of ether oxygens (including phenoxy) is 2. The molecule has 300 valence electrons. The minimum absolute atomic E-state index is 0.213. The van der Waals surface area contributed by atoms with Gasteiger partial charge in [0.1, 0.15) is 23.9 Å². The Bertz CT molecular complexity index is 2350. The molecule has 3 aromatic carbocycles. The van der Waals surface area contributed by atoms with E-state index in [1.165, 1.54) is 11.4 Å². The van der Waals surface area contributed by atoms with Gasteiger partial charge in [-0.05, 0) is 97.1 Å². The number of imide groups is 1. The number of urea groups is 1. The van der Waals surface area contributed by atoms with Crippen LogP contribution in [-0.4, -0.2) is 99.4 Å². The molecule has 0 bridgehead atoms. The first-order valence-corrected chi connectivity index (χ1v) is 20.5. The predicted octanol–water partition coefficient (Wildman–Crippen LogP) is 6.96. The monoisotopic (exact) mass is 781 g/mol. The summed E-state index contributed by atoms with van der Waals surface area (Å²) in [6.45, 7) is 13.2. The maximum absolute atomic E-state index is 12.4. The first-order chi connectivity index (χ1) is 28.3. The Hall–Kier alpha value is -6.08. The number of amides is 3. The summed E-state index contributed by atoms with van der Waals surface area (Å²) in [6, 6.07) is 20.9. The molecular weight excluding hydrogens is 731 g/mol. The van der Waals surface area contributed by atoms with Crippen molar-refractivity contribution in [1.82, 2.24) is 20.2 Å². The number of nitrogens with zero attached hydrogens (tertiary/aromatic N) is 6. The largest absolute Gasteiger partial charge is 0.494 e. The second-order valence-corrected chi connectivity index (χ2v) is 15.8. The number of aromatic nitrogens is 2. The zero-order valence-electron chi connectivity index (χ0n) is 33.5. The fourth-order valence-electron chi connectivity index (χ4n) is 8.87. The van der Waals surface area contributed by atoms with E-state index in [1.807, 2.05) is 25.4 Å². The molecule has 9 rings (SSSR count). The van der Waals surface area contributed by atoms with Crippen LogP contribution in [0.25, 0.3) is 21.9 Å². The molecule has 0 aliphatic carbocycles. The molecule has 4 aliphatic heterocycles. The van der Waals surface area contributed by atoms with Crippen LogP contribution < -0.4 is 40.1 Å². The lowest BCUT2D eigenvalue weighted by Gasteiger charge is -2.40. The van der Waals surface area contributed by atoms with Crippen LogP contribution in [-0.2, 0) is 4.79 Å². The van der Waals surface area contributed by atoms with Crippen molar-refractivity contribution in [2.24, 2.45) is 5.92 Å². The molecule has 3 N–H and O–H groups in total. The number of anilines is 6. The Morgan fingerprint density at radius 2 is 1.64 bits per heavy atom. The topological polar surface area (TPSA) is 127 Å². The molecule has 2 aromatic heterocycles. The highest BCUT2D eigenvalue weighted by molar-refractivity contribution is 6.06. The lowest BCUT2D eigenvalue weighted by atomic mass is 9.95. The van der Waals surface area contributed by atoms with Crippen molar-refractivity contribution in [2.75, 3.05) is 98.0 Å². The molecule has 0 spiro atoms. The van der Waals surface area contributed by atoms with Gasteiger partial charge < -0.3 is 29.9 Å². The second kappa shape index (κ2) is 16.0. The minimum Gasteiger partial charge on any atom is -0.494 e. The average molecular weight is 782 g/mol. The highest BCUT2D eigenvalue weighted by Crippen LogP contribution is 2.38. The normalized spacial score (nSPS) is 17.7. The van der Waals surface area contributed by atoms with E-state index in [-0.39, 0.29) is 11.9 Å². The fraction of sp³-hybridized carbons (Fsp3) is 0.378. The first kappa shape index (κ1) is 37.5. The molecule has 0 atom stereocenters. The van der Waals surface area contributed by atoms with Gasteiger partial charge in [-0.15, -0.1) is 0 Å². The second-order valence-electron chi connectivity index (χ2n) is 15.8. The van der Waals surface area contributed by atoms with Crippen molar-refractivity contribution >= 4 is 57.0 Å². The van der Waals surface area contributed by atoms with Gasteiger partial charge in [-0.2, -0.15) is 0 Å². The third-order valence-corrected chi connectivity index (χ3v) is 12.2. The highest BCUT2D eigenvalue weighted by Gasteiger charge is 2.28. The van der Waals surface area contributed by atoms with E-state index in [0.29, 0.717) is 31.4 Å². The molecule has 3 saturated heterocycles. The van der Waals surface area contributed by atoms with E-state index in [9.17, 15) is 9.59 Å². The number of carbonyl (C=O) groups excluding carboxylic acids is 2. The van der Waals surface area contributed by atoms with E-state index in [1.54, 1.807) is 12.0 Å². The number of hydrogen-bond acceptors (Lipinski definition) is 11. The Morgan fingerprint density at radius 1 is 0.845 bits per heavy atom. The molecule has 0 saturated carbocycles. The molecule has 4 aliphatic rings. The molecule has 3 amide bonds. The van der Waals surface area contributed by atoms with E-state index in [4.69, 9.17) is 14.5 Å². The van der Waals surface area contributed by atoms with Gasteiger partial charge in [0.2, 0.25) is 11.8 Å². The summed E-state index contributed by atoms with van der Waals surface area (Å²) >= 11 is 0. The van der Waals surface area contributed by atoms with Crippen LogP contribution in [0.5, 0.6) is 11.6 Å². The van der Waals surface area contributed by atoms with E-state index >= 15 is 0 Å². The standard InChI is InChI=1S/C45H51N9O4/c1-29-22-35(7-9-39(29)54-16-12-42(55)50-45(54)56)53-19-17-51(18-20-53)28-31-10-14-52(15-11-31)36-6-8-38(40(25-36)57-3)49-41-24-34-23-32(4-5-33(34)26-47-41)37-27-48-44-43(30(37)2)46-13-21-58-44/h4-9,22-27,31,46H,10-21,28H2,1-3H3,(H,47,49)(H,50,55,56). The van der Waals surface area contributed by atoms with Crippen molar-refractivity contribution in [3.63, 3.8) is 0 Å². The highest BCUT2D eigenvalue weighted by atomic mass is 16.5. The van der Waals surface area contributed by atoms with Gasteiger partial charge in [-0.3, -0.25) is 19.9 Å². The molecule has 13 nitrogen and oxygen atoms in total. The van der Waals surface area contributed by atoms with Crippen molar-refractivity contribution in [3.05, 3.63) is 84.2 Å². The van der Waals surface area contributed by atoms with Crippen molar-refractivity contribution < 1.29 is 19.1 Å². The number of piperazine rings is 1. The number of methoxy groups -OCH3 is 1. The molecule has 5 aromatic rings. The van der Waals surface area contributed by atoms with Crippen LogP contribution in [0.2, 0.25) is 0 Å². The van der Waals surface area contributed by atoms with Gasteiger partial charge in [-0.1, -0.05) is 12.1 Å². The first-order valence-electron chi connectivity index (χ1n) is 20.5. The minimum atomic E-state index is -0.341. The van der Waals surface area contributed by atoms with Gasteiger partial charge in [0.25, 0.3) is 0 Å². The third-order valence-electron chi connectivity index (χ3n) is 12.2. The number of nitrogens with one attached hydrogen (secondary N) is 3. The quantitative estimate of drug-likeness (QED) is 0.144. The molecule has 13 heteroatoms. The van der Waals surface area contributed by atoms with E-state index < -0.39 is 0 Å². The van der Waals surface area contributed by atoms with Gasteiger partial charge in [0.05, 0.1) is 12.8 Å². The van der Waals surface area contributed by atoms with Crippen LogP contribution in [0, 0.1) is 19.8 Å². The predicted molar refractivity (Wildman–Crippen MR) is 230 cm³/mol. The van der Waals surface area contributed by atoms with Gasteiger partial charge in [0.15, 0.2) is 0 Å². The van der Waals surface area contributed by atoms with Crippen LogP contribution in [0.1, 0.15) is 30.4 Å². The van der Waals surface area contributed by atoms with Gasteiger partial charge in [-0.25, -0.2) is 14.8 Å². The Labute approximate surface area is 339 Å². The summed E-state index contributed by atoms with van der Waals surface area (Å²) < 4.78 is 11.6. The average Bonchev–Trinajstić information content (AvgIpc) is 3.24. The Morgan fingerprint density at radius 3 is 2.43 bits per heavy atom. The summed E-state index contributed by atoms with van der Waals surface area (Å²) in [5, 5.41) is 11.5. The number of rotatable bonds is 9. The van der Waals surface area contributed by atoms with Crippen molar-refractivity contribution in [2.45, 2.75) is 33.1 Å². The van der Waals surface area contributed by atoms with Gasteiger partial charge in [0, 0.05) is 112 Å². The molecular formula is C45H51N9O4. The maximum Gasteiger partial charge on any atom is 0.328 e. The molecule has 0 radical (unpaired) electrons. The number of piperidine rings is 1. The lowest BCUT2D eigenvalue weighted by molar-refractivity contribution is -0.120. The lowest BCUT2D eigenvalue weighted by Crippen LogP contribution is -2.50. The van der Waals surface area contributed by atoms with Gasteiger partial charge >= 0.3 is 6.03 Å². The maximum atomic E-state index is 12.4. The van der Waals surface area contributed by atoms with Crippen molar-refractivity contribution in [1.29, 1.82) is 0 Å². The Balaban J connectivity index is 0.783. The number of carbonyl (C=O) groups is 2. The number of pyridine rings is 2. The van der Waals surface area contributed by atoms with Crippen LogP contribution in [0.3, 0.4) is 0 Å². The third kappa shape index (κ3) is 7.66. The Kier molecular flexibility index (Phi) is 10.4. The number of aryl methyl sites for hydroxylation is 1. The van der Waals surface area contributed by atoms with E-state index in [0.717, 1.165) is 127 Å². The van der Waals surface area contributed by atoms with Crippen molar-refractivity contribution in [3.8, 4) is 22.8 Å². The molecule has 0 unspecified atom stereocenters. The summed E-state index contributed by atoms with van der Waals surface area (Å²) in [4.78, 5) is 42.5. The summed E-state index contributed by atoms with van der Waals surface area (Å²) in [6.07, 6.45) is 6.45. The number of benzene rings is 3. The number of hydrogen-bond donors (Lipinski definition) is 3. The van der Waals surface area contributed by atoms with Crippen LogP contribution in [0.15, 0.2) is 73.1 Å². The van der Waals surface area contributed by atoms with Crippen LogP contribution >= 0.6 is 0 Å². The zero-order valence-corrected chi connectivity index (χ0v) is 33.5. The SMILES string of the molecule is COc1cc(N2CCC(CN3CCN(c4ccc(N5CCC(=O)NC5=O)c(C)c4)CC3)CC2)ccc1Nc1cc2cc(-c3cnc4c(c3C)NCCO4)ccc2cn1. The molecule has 58 heavy (non-hydrogen) atoms. The summed E-state index contributed by atoms with van der Waals surface area (Å²) in [5.41, 5.74) is 9.41. The fourth-order valence-corrected chi connectivity index (χ4v) is 8.87. The number of fused-ring (bicyclic) bond motifs is 2. The van der Waals surface area contributed by atoms with Crippen LogP contribution in [0.4, 0.5) is 39.0 Å². The summed E-state index contributed by atoms with van der Waals surface area (Å²) in [7, 11) is 1.72. The summed E-state index contributed by atoms with van der Waals surface area (Å²) in [5.74, 6) is 2.67. The molecule has 3 fully saturated rings. The zero-order chi connectivity index (χ0) is 39.8. The molecule has 6 heterocycles. The van der Waals surface area contributed by atoms with E-state index in [2.05, 4.69) is 97.2 Å².